The van der Waals surface area contributed by atoms with Crippen molar-refractivity contribution in [1.29, 1.82) is 0 Å². The van der Waals surface area contributed by atoms with Gasteiger partial charge in [0.15, 0.2) is 0 Å². The number of hydrogen-bond acceptors (Lipinski definition) is 5. The number of benzene rings is 1. The predicted octanol–water partition coefficient (Wildman–Crippen LogP) is 1.23. The van der Waals surface area contributed by atoms with Gasteiger partial charge in [0.25, 0.3) is 0 Å². The van der Waals surface area contributed by atoms with Crippen molar-refractivity contribution >= 4 is 11.8 Å². The average molecular weight is 289 g/mol. The zero-order valence-corrected chi connectivity index (χ0v) is 12.0. The van der Waals surface area contributed by atoms with E-state index in [0.29, 0.717) is 13.1 Å². The molecule has 1 spiro atoms. The molecule has 3 rings (SSSR count). The lowest BCUT2D eigenvalue weighted by atomic mass is 9.79. The summed E-state index contributed by atoms with van der Waals surface area (Å²) in [6.07, 6.45) is -0.300. The van der Waals surface area contributed by atoms with Crippen LogP contribution in [0.3, 0.4) is 0 Å². The van der Waals surface area contributed by atoms with Crippen molar-refractivity contribution in [2.45, 2.75) is 6.61 Å². The Morgan fingerprint density at radius 1 is 1.38 bits per heavy atom. The number of carbonyl (C=O) groups excluding carboxylic acids is 1. The van der Waals surface area contributed by atoms with E-state index >= 15 is 0 Å². The molecule has 1 aromatic rings. The van der Waals surface area contributed by atoms with E-state index in [4.69, 9.17) is 9.57 Å². The van der Waals surface area contributed by atoms with E-state index in [2.05, 4.69) is 10.5 Å². The molecule has 2 aliphatic heterocycles. The summed E-state index contributed by atoms with van der Waals surface area (Å²) >= 11 is 0. The second-order valence-electron chi connectivity index (χ2n) is 5.50. The molecule has 1 N–H and O–H groups in total. The van der Waals surface area contributed by atoms with Gasteiger partial charge in [0, 0.05) is 19.6 Å². The molecule has 2 heterocycles. The highest BCUT2D eigenvalue weighted by molar-refractivity contribution is 5.97. The number of nitrogens with one attached hydrogen (secondary N) is 1. The van der Waals surface area contributed by atoms with Gasteiger partial charge in [0.1, 0.15) is 13.7 Å². The quantitative estimate of drug-likeness (QED) is 0.850. The molecule has 0 atom stereocenters. The van der Waals surface area contributed by atoms with Gasteiger partial charge in [0.05, 0.1) is 17.7 Å². The summed E-state index contributed by atoms with van der Waals surface area (Å²) in [6, 6.07) is 9.67. The third kappa shape index (κ3) is 2.71. The summed E-state index contributed by atoms with van der Waals surface area (Å²) in [6.45, 7) is 3.06. The molecule has 2 aliphatic rings. The van der Waals surface area contributed by atoms with Crippen LogP contribution in [0.25, 0.3) is 0 Å². The molecular weight excluding hydrogens is 270 g/mol. The number of likely N-dealkylation sites (tertiary alicyclic amines) is 1. The topological polar surface area (TPSA) is 63.2 Å². The van der Waals surface area contributed by atoms with Gasteiger partial charge in [-0.15, -0.1) is 0 Å². The van der Waals surface area contributed by atoms with Crippen LogP contribution in [0.15, 0.2) is 35.5 Å². The molecule has 0 aromatic heterocycles. The van der Waals surface area contributed by atoms with E-state index in [1.165, 1.54) is 7.11 Å². The number of ether oxygens (including phenoxy) is 1. The lowest BCUT2D eigenvalue weighted by Gasteiger charge is -2.38. The van der Waals surface area contributed by atoms with Crippen LogP contribution in [-0.4, -0.2) is 50.0 Å². The van der Waals surface area contributed by atoms with Crippen molar-refractivity contribution in [2.75, 3.05) is 33.3 Å². The van der Waals surface area contributed by atoms with Crippen molar-refractivity contribution in [3.8, 4) is 0 Å². The summed E-state index contributed by atoms with van der Waals surface area (Å²) in [7, 11) is 1.53. The molecule has 1 aromatic carbocycles. The molecule has 112 valence electrons. The first-order chi connectivity index (χ1) is 10.2. The standard InChI is InChI=1S/C15H19N3O3/c1-20-17-13-7-18(11-15(13)9-16-10-15)14(19)21-8-12-5-3-2-4-6-12/h2-6,16H,7-11H2,1H3. The Bertz CT molecular complexity index is 540. The zero-order valence-electron chi connectivity index (χ0n) is 12.0. The Hall–Kier alpha value is -2.08. The summed E-state index contributed by atoms with van der Waals surface area (Å²) in [5, 5.41) is 7.31. The molecule has 6 nitrogen and oxygen atoms in total. The number of hydrogen-bond donors (Lipinski definition) is 1. The Labute approximate surface area is 123 Å². The Balaban J connectivity index is 1.60. The van der Waals surface area contributed by atoms with Crippen LogP contribution in [0.1, 0.15) is 5.56 Å². The maximum Gasteiger partial charge on any atom is 0.410 e. The second kappa shape index (κ2) is 5.73. The summed E-state index contributed by atoms with van der Waals surface area (Å²) < 4.78 is 5.37. The number of carbonyl (C=O) groups is 1. The van der Waals surface area contributed by atoms with Crippen LogP contribution in [0.2, 0.25) is 0 Å². The largest absolute Gasteiger partial charge is 0.445 e. The maximum atomic E-state index is 12.2. The van der Waals surface area contributed by atoms with Gasteiger partial charge in [-0.3, -0.25) is 0 Å². The smallest absolute Gasteiger partial charge is 0.410 e. The summed E-state index contributed by atoms with van der Waals surface area (Å²) in [4.78, 5) is 18.8. The van der Waals surface area contributed by atoms with Crippen molar-refractivity contribution < 1.29 is 14.4 Å². The molecule has 0 aliphatic carbocycles. The first-order valence-electron chi connectivity index (χ1n) is 7.00. The summed E-state index contributed by atoms with van der Waals surface area (Å²) in [5.41, 5.74) is 1.83. The van der Waals surface area contributed by atoms with Gasteiger partial charge >= 0.3 is 6.09 Å². The van der Waals surface area contributed by atoms with Gasteiger partial charge in [0.2, 0.25) is 0 Å². The van der Waals surface area contributed by atoms with Crippen molar-refractivity contribution in [3.05, 3.63) is 35.9 Å². The van der Waals surface area contributed by atoms with Crippen molar-refractivity contribution in [2.24, 2.45) is 10.6 Å². The van der Waals surface area contributed by atoms with Crippen LogP contribution in [0.4, 0.5) is 4.79 Å². The molecule has 0 unspecified atom stereocenters. The van der Waals surface area contributed by atoms with E-state index in [9.17, 15) is 4.79 Å². The molecule has 2 fully saturated rings. The molecule has 0 radical (unpaired) electrons. The zero-order chi connectivity index (χ0) is 14.7. The van der Waals surface area contributed by atoms with Crippen LogP contribution >= 0.6 is 0 Å². The molecule has 0 saturated carbocycles. The third-order valence-corrected chi connectivity index (χ3v) is 4.04. The Kier molecular flexibility index (Phi) is 3.79. The monoisotopic (exact) mass is 289 g/mol. The molecule has 0 bridgehead atoms. The minimum Gasteiger partial charge on any atom is -0.445 e. The normalized spacial score (nSPS) is 21.4. The third-order valence-electron chi connectivity index (χ3n) is 4.04. The second-order valence-corrected chi connectivity index (χ2v) is 5.50. The van der Waals surface area contributed by atoms with E-state index in [-0.39, 0.29) is 18.1 Å². The molecule has 2 saturated heterocycles. The van der Waals surface area contributed by atoms with Crippen LogP contribution in [0.5, 0.6) is 0 Å². The number of nitrogens with zero attached hydrogens (tertiary/aromatic N) is 2. The Morgan fingerprint density at radius 3 is 2.76 bits per heavy atom. The maximum absolute atomic E-state index is 12.2. The first kappa shape index (κ1) is 13.9. The fourth-order valence-electron chi connectivity index (χ4n) is 2.78. The van der Waals surface area contributed by atoms with E-state index in [1.807, 2.05) is 30.3 Å². The predicted molar refractivity (Wildman–Crippen MR) is 77.9 cm³/mol. The SMILES string of the molecule is CON=C1CN(C(=O)OCc2ccccc2)CC12CNC2. The Morgan fingerprint density at radius 2 is 2.14 bits per heavy atom. The van der Waals surface area contributed by atoms with Crippen LogP contribution < -0.4 is 5.32 Å². The highest BCUT2D eigenvalue weighted by atomic mass is 16.6. The lowest BCUT2D eigenvalue weighted by Crippen LogP contribution is -2.58. The highest BCUT2D eigenvalue weighted by Crippen LogP contribution is 2.32. The van der Waals surface area contributed by atoms with Crippen LogP contribution in [0, 0.1) is 5.41 Å². The highest BCUT2D eigenvalue weighted by Gasteiger charge is 2.50. The average Bonchev–Trinajstić information content (AvgIpc) is 2.86. The van der Waals surface area contributed by atoms with E-state index in [0.717, 1.165) is 24.4 Å². The fourth-order valence-corrected chi connectivity index (χ4v) is 2.78. The van der Waals surface area contributed by atoms with Gasteiger partial charge in [-0.1, -0.05) is 35.5 Å². The van der Waals surface area contributed by atoms with Crippen molar-refractivity contribution in [3.63, 3.8) is 0 Å². The van der Waals surface area contributed by atoms with Gasteiger partial charge in [-0.05, 0) is 5.56 Å². The molecule has 1 amide bonds. The van der Waals surface area contributed by atoms with Gasteiger partial charge < -0.3 is 19.8 Å². The van der Waals surface area contributed by atoms with Gasteiger partial charge in [-0.2, -0.15) is 0 Å². The lowest BCUT2D eigenvalue weighted by molar-refractivity contribution is 0.0950. The fraction of sp³-hybridized carbons (Fsp3) is 0.467. The van der Waals surface area contributed by atoms with E-state index in [1.54, 1.807) is 4.90 Å². The van der Waals surface area contributed by atoms with Gasteiger partial charge in [-0.25, -0.2) is 4.79 Å². The first-order valence-corrected chi connectivity index (χ1v) is 7.00. The minimum absolute atomic E-state index is 0.0677. The van der Waals surface area contributed by atoms with Crippen LogP contribution in [-0.2, 0) is 16.2 Å². The molecular formula is C15H19N3O3. The number of oxime groups is 1. The van der Waals surface area contributed by atoms with Crippen molar-refractivity contribution in [1.82, 2.24) is 10.2 Å². The summed E-state index contributed by atoms with van der Waals surface area (Å²) in [5.74, 6) is 0. The van der Waals surface area contributed by atoms with E-state index < -0.39 is 0 Å². The minimum atomic E-state index is -0.300. The number of amides is 1. The molecule has 6 heteroatoms. The number of rotatable bonds is 3. The molecule has 21 heavy (non-hydrogen) atoms.